The van der Waals surface area contributed by atoms with E-state index in [0.29, 0.717) is 34.8 Å². The molecule has 0 unspecified atom stereocenters. The third-order valence-electron chi connectivity index (χ3n) is 4.94. The summed E-state index contributed by atoms with van der Waals surface area (Å²) < 4.78 is 32.5. The van der Waals surface area contributed by atoms with Crippen molar-refractivity contribution in [1.29, 1.82) is 0 Å². The predicted molar refractivity (Wildman–Crippen MR) is 125 cm³/mol. The zero-order valence-corrected chi connectivity index (χ0v) is 19.5. The van der Waals surface area contributed by atoms with E-state index < -0.39 is 5.82 Å². The lowest BCUT2D eigenvalue weighted by Crippen LogP contribution is -2.27. The van der Waals surface area contributed by atoms with Crippen LogP contribution in [0.3, 0.4) is 0 Å². The zero-order valence-electron chi connectivity index (χ0n) is 18.7. The molecular formula is C24H23FN4O4S. The molecule has 34 heavy (non-hydrogen) atoms. The van der Waals surface area contributed by atoms with Crippen molar-refractivity contribution in [2.24, 2.45) is 0 Å². The van der Waals surface area contributed by atoms with E-state index in [1.54, 1.807) is 84.5 Å². The van der Waals surface area contributed by atoms with Gasteiger partial charge in [0.2, 0.25) is 5.91 Å². The van der Waals surface area contributed by atoms with Crippen molar-refractivity contribution in [1.82, 2.24) is 19.7 Å². The standard InChI is InChI=1S/C24H23FN4O4S/c1-28(14-19-6-5-13-32-19)23(30)16-34-24-27-26-22(29(24)21-8-4-3-7-20(21)25)15-33-18-11-9-17(31-2)10-12-18/h3-13H,14-16H2,1-2H3. The van der Waals surface area contributed by atoms with Gasteiger partial charge in [-0.2, -0.15) is 0 Å². The maximum Gasteiger partial charge on any atom is 0.233 e. The molecule has 2 aromatic carbocycles. The Morgan fingerprint density at radius 1 is 1.09 bits per heavy atom. The van der Waals surface area contributed by atoms with Gasteiger partial charge in [0.15, 0.2) is 11.0 Å². The highest BCUT2D eigenvalue weighted by Crippen LogP contribution is 2.25. The first-order valence-corrected chi connectivity index (χ1v) is 11.4. The SMILES string of the molecule is COc1ccc(OCc2nnc(SCC(=O)N(C)Cc3ccco3)n2-c2ccccc2F)cc1. The van der Waals surface area contributed by atoms with Gasteiger partial charge in [-0.25, -0.2) is 4.39 Å². The van der Waals surface area contributed by atoms with E-state index >= 15 is 0 Å². The molecule has 0 fully saturated rings. The molecule has 176 valence electrons. The van der Waals surface area contributed by atoms with Gasteiger partial charge in [0.25, 0.3) is 0 Å². The van der Waals surface area contributed by atoms with Crippen LogP contribution in [-0.4, -0.2) is 45.5 Å². The monoisotopic (exact) mass is 482 g/mol. The summed E-state index contributed by atoms with van der Waals surface area (Å²) >= 11 is 1.18. The van der Waals surface area contributed by atoms with Gasteiger partial charge in [0.1, 0.15) is 29.7 Å². The van der Waals surface area contributed by atoms with Crippen LogP contribution in [0.1, 0.15) is 11.6 Å². The third kappa shape index (κ3) is 5.57. The Kier molecular flexibility index (Phi) is 7.48. The van der Waals surface area contributed by atoms with Gasteiger partial charge in [-0.3, -0.25) is 9.36 Å². The molecule has 4 rings (SSSR count). The smallest absolute Gasteiger partial charge is 0.233 e. The molecule has 0 N–H and O–H groups in total. The Balaban J connectivity index is 1.50. The molecule has 0 saturated heterocycles. The number of hydrogen-bond acceptors (Lipinski definition) is 7. The molecule has 0 radical (unpaired) electrons. The molecule has 2 aromatic heterocycles. The minimum absolute atomic E-state index is 0.0561. The Morgan fingerprint density at radius 2 is 1.85 bits per heavy atom. The van der Waals surface area contributed by atoms with E-state index in [9.17, 15) is 9.18 Å². The van der Waals surface area contributed by atoms with E-state index in [0.717, 1.165) is 0 Å². The highest BCUT2D eigenvalue weighted by molar-refractivity contribution is 7.99. The molecule has 10 heteroatoms. The summed E-state index contributed by atoms with van der Waals surface area (Å²) in [5.41, 5.74) is 0.278. The van der Waals surface area contributed by atoms with Crippen LogP contribution < -0.4 is 9.47 Å². The van der Waals surface area contributed by atoms with Gasteiger partial charge in [0, 0.05) is 7.05 Å². The number of para-hydroxylation sites is 1. The summed E-state index contributed by atoms with van der Waals surface area (Å²) in [6.45, 7) is 0.411. The van der Waals surface area contributed by atoms with Crippen LogP contribution in [0.2, 0.25) is 0 Å². The second-order valence-electron chi connectivity index (χ2n) is 7.27. The summed E-state index contributed by atoms with van der Waals surface area (Å²) in [5.74, 6) is 1.95. The Morgan fingerprint density at radius 3 is 2.56 bits per heavy atom. The molecule has 0 aliphatic heterocycles. The van der Waals surface area contributed by atoms with Crippen molar-refractivity contribution in [3.05, 3.63) is 84.3 Å². The summed E-state index contributed by atoms with van der Waals surface area (Å²) in [6.07, 6.45) is 1.56. The third-order valence-corrected chi connectivity index (χ3v) is 5.86. The molecule has 0 aliphatic rings. The van der Waals surface area contributed by atoms with Crippen LogP contribution in [0, 0.1) is 5.82 Å². The van der Waals surface area contributed by atoms with Crippen LogP contribution in [0.15, 0.2) is 76.5 Å². The summed E-state index contributed by atoms with van der Waals surface area (Å²) in [7, 11) is 3.28. The number of aromatic nitrogens is 3. The van der Waals surface area contributed by atoms with Crippen molar-refractivity contribution in [3.8, 4) is 17.2 Å². The van der Waals surface area contributed by atoms with Gasteiger partial charge in [0.05, 0.1) is 31.4 Å². The number of amides is 1. The van der Waals surface area contributed by atoms with Crippen molar-refractivity contribution < 1.29 is 23.1 Å². The van der Waals surface area contributed by atoms with E-state index in [2.05, 4.69) is 10.2 Å². The van der Waals surface area contributed by atoms with Crippen molar-refractivity contribution in [2.45, 2.75) is 18.3 Å². The Hall–Kier alpha value is -3.79. The molecule has 1 amide bonds. The summed E-state index contributed by atoms with van der Waals surface area (Å²) in [4.78, 5) is 14.2. The molecular weight excluding hydrogens is 459 g/mol. The number of furan rings is 1. The van der Waals surface area contributed by atoms with Crippen molar-refractivity contribution in [2.75, 3.05) is 19.9 Å². The fourth-order valence-corrected chi connectivity index (χ4v) is 4.05. The van der Waals surface area contributed by atoms with Crippen LogP contribution in [0.25, 0.3) is 5.69 Å². The Labute approximate surface area is 200 Å². The van der Waals surface area contributed by atoms with E-state index in [-0.39, 0.29) is 24.0 Å². The van der Waals surface area contributed by atoms with Crippen LogP contribution in [0.4, 0.5) is 4.39 Å². The lowest BCUT2D eigenvalue weighted by molar-refractivity contribution is -0.127. The van der Waals surface area contributed by atoms with Crippen LogP contribution in [-0.2, 0) is 17.9 Å². The quantitative estimate of drug-likeness (QED) is 0.311. The summed E-state index contributed by atoms with van der Waals surface area (Å²) in [5, 5.41) is 8.79. The molecule has 0 spiro atoms. The maximum atomic E-state index is 14.7. The second kappa shape index (κ2) is 10.9. The average molecular weight is 483 g/mol. The lowest BCUT2D eigenvalue weighted by Gasteiger charge is -2.16. The second-order valence-corrected chi connectivity index (χ2v) is 8.21. The highest BCUT2D eigenvalue weighted by atomic mass is 32.2. The Bertz CT molecular complexity index is 1230. The number of halogens is 1. The van der Waals surface area contributed by atoms with Gasteiger partial charge in [-0.1, -0.05) is 23.9 Å². The molecule has 2 heterocycles. The topological polar surface area (TPSA) is 82.6 Å². The number of carbonyl (C=O) groups excluding carboxylic acids is 1. The number of benzene rings is 2. The number of nitrogens with zero attached hydrogens (tertiary/aromatic N) is 4. The normalized spacial score (nSPS) is 10.8. The minimum Gasteiger partial charge on any atom is -0.497 e. The summed E-state index contributed by atoms with van der Waals surface area (Å²) in [6, 6.07) is 17.0. The first-order valence-electron chi connectivity index (χ1n) is 10.4. The van der Waals surface area contributed by atoms with Gasteiger partial charge in [-0.15, -0.1) is 10.2 Å². The highest BCUT2D eigenvalue weighted by Gasteiger charge is 2.20. The number of hydrogen-bond donors (Lipinski definition) is 0. The van der Waals surface area contributed by atoms with Crippen LogP contribution >= 0.6 is 11.8 Å². The fraction of sp³-hybridized carbons (Fsp3) is 0.208. The van der Waals surface area contributed by atoms with Crippen molar-refractivity contribution in [3.63, 3.8) is 0 Å². The number of methoxy groups -OCH3 is 1. The first-order chi connectivity index (χ1) is 16.5. The van der Waals surface area contributed by atoms with E-state index in [1.165, 1.54) is 17.8 Å². The maximum absolute atomic E-state index is 14.7. The van der Waals surface area contributed by atoms with E-state index in [1.807, 2.05) is 0 Å². The van der Waals surface area contributed by atoms with Gasteiger partial charge in [-0.05, 0) is 48.5 Å². The molecule has 4 aromatic rings. The number of rotatable bonds is 10. The fourth-order valence-electron chi connectivity index (χ4n) is 3.14. The number of thioether (sulfide) groups is 1. The van der Waals surface area contributed by atoms with E-state index in [4.69, 9.17) is 13.9 Å². The minimum atomic E-state index is -0.434. The first kappa shape index (κ1) is 23.4. The number of carbonyl (C=O) groups is 1. The number of ether oxygens (including phenoxy) is 2. The molecule has 0 bridgehead atoms. The van der Waals surface area contributed by atoms with Gasteiger partial charge >= 0.3 is 0 Å². The molecule has 8 nitrogen and oxygen atoms in total. The average Bonchev–Trinajstić information content (AvgIpc) is 3.51. The molecule has 0 saturated carbocycles. The van der Waals surface area contributed by atoms with Gasteiger partial charge < -0.3 is 18.8 Å². The lowest BCUT2D eigenvalue weighted by atomic mass is 10.3. The molecule has 0 aliphatic carbocycles. The largest absolute Gasteiger partial charge is 0.497 e. The predicted octanol–water partition coefficient (Wildman–Crippen LogP) is 4.34. The molecule has 0 atom stereocenters. The van der Waals surface area contributed by atoms with Crippen LogP contribution in [0.5, 0.6) is 11.5 Å². The van der Waals surface area contributed by atoms with Crippen molar-refractivity contribution >= 4 is 17.7 Å². The zero-order chi connectivity index (χ0) is 23.9.